The van der Waals surface area contributed by atoms with Gasteiger partial charge < -0.3 is 15.4 Å². The molecule has 1 amide bonds. The predicted octanol–water partition coefficient (Wildman–Crippen LogP) is 1.97. The van der Waals surface area contributed by atoms with Gasteiger partial charge in [0.25, 0.3) is 5.91 Å². The van der Waals surface area contributed by atoms with E-state index in [1.54, 1.807) is 0 Å². The van der Waals surface area contributed by atoms with Gasteiger partial charge in [-0.3, -0.25) is 4.79 Å². The molecule has 1 saturated heterocycles. The van der Waals surface area contributed by atoms with Gasteiger partial charge in [-0.15, -0.1) is 0 Å². The van der Waals surface area contributed by atoms with Crippen LogP contribution in [0.15, 0.2) is 18.2 Å². The van der Waals surface area contributed by atoms with Crippen molar-refractivity contribution in [1.82, 2.24) is 4.90 Å². The molecule has 0 radical (unpaired) electrons. The number of hydrogen-bond donors (Lipinski definition) is 1. The third-order valence-electron chi connectivity index (χ3n) is 3.39. The Hall–Kier alpha value is -1.71. The molecule has 0 saturated carbocycles. The fourth-order valence-corrected chi connectivity index (χ4v) is 2.16. The number of nitrogens with two attached hydrogens (primary N) is 1. The van der Waals surface area contributed by atoms with Gasteiger partial charge >= 0.3 is 0 Å². The van der Waals surface area contributed by atoms with Gasteiger partial charge in [0.2, 0.25) is 0 Å². The van der Waals surface area contributed by atoms with Crippen LogP contribution in [0.5, 0.6) is 5.75 Å². The zero-order chi connectivity index (χ0) is 13.0. The Morgan fingerprint density at radius 1 is 1.33 bits per heavy atom. The maximum absolute atomic E-state index is 11.9. The van der Waals surface area contributed by atoms with E-state index in [4.69, 9.17) is 10.5 Å². The molecule has 0 aliphatic carbocycles. The van der Waals surface area contributed by atoms with E-state index in [0.717, 1.165) is 31.5 Å². The standard InChI is InChI=1S/C14H20N2O2/c1-11-12(15)6-5-7-13(11)18-10-14(17)16-8-3-2-4-9-16/h5-7H,2-4,8-10,15H2,1H3. The Bertz CT molecular complexity index is 426. The SMILES string of the molecule is Cc1c(N)cccc1OCC(=O)N1CCCCC1. The molecular weight excluding hydrogens is 228 g/mol. The summed E-state index contributed by atoms with van der Waals surface area (Å²) >= 11 is 0. The van der Waals surface area contributed by atoms with Crippen LogP contribution in [-0.4, -0.2) is 30.5 Å². The number of amides is 1. The smallest absolute Gasteiger partial charge is 0.260 e. The Morgan fingerprint density at radius 2 is 2.06 bits per heavy atom. The first-order valence-electron chi connectivity index (χ1n) is 6.44. The van der Waals surface area contributed by atoms with Gasteiger partial charge in [-0.25, -0.2) is 0 Å². The summed E-state index contributed by atoms with van der Waals surface area (Å²) < 4.78 is 5.56. The molecule has 0 atom stereocenters. The molecule has 0 spiro atoms. The number of rotatable bonds is 3. The summed E-state index contributed by atoms with van der Waals surface area (Å²) in [5.41, 5.74) is 7.38. The van der Waals surface area contributed by atoms with Crippen molar-refractivity contribution in [2.45, 2.75) is 26.2 Å². The topological polar surface area (TPSA) is 55.6 Å². The number of piperidine rings is 1. The number of carbonyl (C=O) groups excluding carboxylic acids is 1. The normalized spacial score (nSPS) is 15.5. The first-order chi connectivity index (χ1) is 8.68. The molecule has 4 nitrogen and oxygen atoms in total. The number of hydrogen-bond acceptors (Lipinski definition) is 3. The van der Waals surface area contributed by atoms with Crippen LogP contribution in [0.1, 0.15) is 24.8 Å². The first kappa shape index (κ1) is 12.7. The zero-order valence-corrected chi connectivity index (χ0v) is 10.8. The van der Waals surface area contributed by atoms with Crippen LogP contribution < -0.4 is 10.5 Å². The second-order valence-corrected chi connectivity index (χ2v) is 4.70. The Kier molecular flexibility index (Phi) is 4.07. The second-order valence-electron chi connectivity index (χ2n) is 4.70. The van der Waals surface area contributed by atoms with Crippen LogP contribution in [0, 0.1) is 6.92 Å². The number of nitrogens with zero attached hydrogens (tertiary/aromatic N) is 1. The lowest BCUT2D eigenvalue weighted by Gasteiger charge is -2.26. The summed E-state index contributed by atoms with van der Waals surface area (Å²) in [4.78, 5) is 13.8. The minimum atomic E-state index is 0.0662. The quantitative estimate of drug-likeness (QED) is 0.832. The van der Waals surface area contributed by atoms with E-state index in [1.165, 1.54) is 6.42 Å². The van der Waals surface area contributed by atoms with Gasteiger partial charge in [0, 0.05) is 24.3 Å². The summed E-state index contributed by atoms with van der Waals surface area (Å²) in [6.07, 6.45) is 3.42. The van der Waals surface area contributed by atoms with E-state index in [0.29, 0.717) is 11.4 Å². The molecule has 2 N–H and O–H groups in total. The monoisotopic (exact) mass is 248 g/mol. The summed E-state index contributed by atoms with van der Waals surface area (Å²) in [6, 6.07) is 5.51. The number of nitrogen functional groups attached to an aromatic ring is 1. The number of ether oxygens (including phenoxy) is 1. The largest absolute Gasteiger partial charge is 0.483 e. The highest BCUT2D eigenvalue weighted by Crippen LogP contribution is 2.22. The highest BCUT2D eigenvalue weighted by atomic mass is 16.5. The molecular formula is C14H20N2O2. The number of likely N-dealkylation sites (tertiary alicyclic amines) is 1. The molecule has 1 aliphatic rings. The van der Waals surface area contributed by atoms with Crippen molar-refractivity contribution in [3.05, 3.63) is 23.8 Å². The summed E-state index contributed by atoms with van der Waals surface area (Å²) in [5, 5.41) is 0. The molecule has 0 bridgehead atoms. The average molecular weight is 248 g/mol. The number of anilines is 1. The maximum atomic E-state index is 11.9. The first-order valence-corrected chi connectivity index (χ1v) is 6.44. The molecule has 1 aliphatic heterocycles. The molecule has 1 heterocycles. The molecule has 1 aromatic carbocycles. The minimum absolute atomic E-state index is 0.0662. The molecule has 98 valence electrons. The fraction of sp³-hybridized carbons (Fsp3) is 0.500. The van der Waals surface area contributed by atoms with Gasteiger partial charge in [-0.2, -0.15) is 0 Å². The lowest BCUT2D eigenvalue weighted by molar-refractivity contribution is -0.134. The number of benzene rings is 1. The van der Waals surface area contributed by atoms with Crippen molar-refractivity contribution in [1.29, 1.82) is 0 Å². The Balaban J connectivity index is 1.90. The number of carbonyl (C=O) groups is 1. The van der Waals surface area contributed by atoms with Crippen molar-refractivity contribution >= 4 is 11.6 Å². The minimum Gasteiger partial charge on any atom is -0.483 e. The van der Waals surface area contributed by atoms with Gasteiger partial charge in [-0.1, -0.05) is 6.07 Å². The Labute approximate surface area is 108 Å². The van der Waals surface area contributed by atoms with E-state index in [2.05, 4.69) is 0 Å². The maximum Gasteiger partial charge on any atom is 0.260 e. The summed E-state index contributed by atoms with van der Waals surface area (Å²) in [6.45, 7) is 3.72. The molecule has 1 fully saturated rings. The van der Waals surface area contributed by atoms with Crippen LogP contribution in [0.4, 0.5) is 5.69 Å². The van der Waals surface area contributed by atoms with Gasteiger partial charge in [0.05, 0.1) is 0 Å². The summed E-state index contributed by atoms with van der Waals surface area (Å²) in [7, 11) is 0. The van der Waals surface area contributed by atoms with E-state index >= 15 is 0 Å². The van der Waals surface area contributed by atoms with E-state index in [9.17, 15) is 4.79 Å². The molecule has 0 unspecified atom stereocenters. The van der Waals surface area contributed by atoms with Crippen LogP contribution in [0.25, 0.3) is 0 Å². The van der Waals surface area contributed by atoms with Crippen molar-refractivity contribution in [2.75, 3.05) is 25.4 Å². The van der Waals surface area contributed by atoms with E-state index < -0.39 is 0 Å². The van der Waals surface area contributed by atoms with Crippen molar-refractivity contribution in [3.8, 4) is 5.75 Å². The van der Waals surface area contributed by atoms with Gasteiger partial charge in [0.15, 0.2) is 6.61 Å². The third-order valence-corrected chi connectivity index (χ3v) is 3.39. The fourth-order valence-electron chi connectivity index (χ4n) is 2.16. The molecule has 2 rings (SSSR count). The van der Waals surface area contributed by atoms with Gasteiger partial charge in [-0.05, 0) is 38.3 Å². The van der Waals surface area contributed by atoms with E-state index in [1.807, 2.05) is 30.0 Å². The zero-order valence-electron chi connectivity index (χ0n) is 10.8. The second kappa shape index (κ2) is 5.76. The lowest BCUT2D eigenvalue weighted by atomic mass is 10.1. The molecule has 18 heavy (non-hydrogen) atoms. The summed E-state index contributed by atoms with van der Waals surface area (Å²) in [5.74, 6) is 0.761. The van der Waals surface area contributed by atoms with Crippen molar-refractivity contribution in [3.63, 3.8) is 0 Å². The molecule has 1 aromatic rings. The van der Waals surface area contributed by atoms with Crippen LogP contribution in [-0.2, 0) is 4.79 Å². The van der Waals surface area contributed by atoms with Crippen LogP contribution in [0.3, 0.4) is 0 Å². The Morgan fingerprint density at radius 3 is 2.78 bits per heavy atom. The predicted molar refractivity (Wildman–Crippen MR) is 71.5 cm³/mol. The van der Waals surface area contributed by atoms with Crippen molar-refractivity contribution in [2.24, 2.45) is 0 Å². The molecule has 0 aromatic heterocycles. The third kappa shape index (κ3) is 2.94. The van der Waals surface area contributed by atoms with E-state index in [-0.39, 0.29) is 12.5 Å². The van der Waals surface area contributed by atoms with Crippen LogP contribution >= 0.6 is 0 Å². The lowest BCUT2D eigenvalue weighted by Crippen LogP contribution is -2.38. The molecule has 4 heteroatoms. The highest BCUT2D eigenvalue weighted by Gasteiger charge is 2.17. The highest BCUT2D eigenvalue weighted by molar-refractivity contribution is 5.78. The van der Waals surface area contributed by atoms with Crippen molar-refractivity contribution < 1.29 is 9.53 Å². The van der Waals surface area contributed by atoms with Gasteiger partial charge in [0.1, 0.15) is 5.75 Å². The van der Waals surface area contributed by atoms with Crippen LogP contribution in [0.2, 0.25) is 0 Å². The average Bonchev–Trinajstić information content (AvgIpc) is 2.41.